The lowest BCUT2D eigenvalue weighted by Crippen LogP contribution is -2.23. The second-order valence-corrected chi connectivity index (χ2v) is 6.42. The van der Waals surface area contributed by atoms with Gasteiger partial charge in [0.05, 0.1) is 11.6 Å². The number of rotatable bonds is 4. The molecule has 1 atom stereocenters. The van der Waals surface area contributed by atoms with Crippen molar-refractivity contribution in [1.29, 1.82) is 0 Å². The van der Waals surface area contributed by atoms with Gasteiger partial charge in [-0.3, -0.25) is 9.69 Å². The average molecular weight is 338 g/mol. The van der Waals surface area contributed by atoms with Crippen LogP contribution in [0.4, 0.5) is 4.39 Å². The number of fused-ring (bicyclic) bond motifs is 1. The molecule has 0 saturated carbocycles. The molecule has 3 aromatic rings. The summed E-state index contributed by atoms with van der Waals surface area (Å²) in [6.45, 7) is 1.81. The van der Waals surface area contributed by atoms with Crippen LogP contribution in [0.5, 0.6) is 0 Å². The van der Waals surface area contributed by atoms with Crippen LogP contribution >= 0.6 is 0 Å². The summed E-state index contributed by atoms with van der Waals surface area (Å²) in [6, 6.07) is 13.3. The van der Waals surface area contributed by atoms with E-state index >= 15 is 0 Å². The number of benzene rings is 2. The molecule has 0 radical (unpaired) electrons. The highest BCUT2D eigenvalue weighted by Gasteiger charge is 2.29. The maximum atomic E-state index is 14.0. The molecule has 25 heavy (non-hydrogen) atoms. The zero-order chi connectivity index (χ0) is 17.4. The van der Waals surface area contributed by atoms with E-state index < -0.39 is 11.7 Å². The van der Waals surface area contributed by atoms with Crippen LogP contribution in [-0.2, 0) is 6.54 Å². The Balaban J connectivity index is 1.69. The van der Waals surface area contributed by atoms with Crippen molar-refractivity contribution in [1.82, 2.24) is 14.9 Å². The van der Waals surface area contributed by atoms with Gasteiger partial charge in [0.1, 0.15) is 22.7 Å². The first-order chi connectivity index (χ1) is 12.1. The van der Waals surface area contributed by atoms with Crippen molar-refractivity contribution in [2.24, 2.45) is 5.73 Å². The number of nitrogens with one attached hydrogen (secondary N) is 1. The maximum absolute atomic E-state index is 14.0. The molecular weight excluding hydrogens is 319 g/mol. The first-order valence-electron chi connectivity index (χ1n) is 8.39. The smallest absolute Gasteiger partial charge is 0.253 e. The number of aromatic amines is 1. The molecule has 0 bridgehead atoms. The largest absolute Gasteiger partial charge is 0.365 e. The summed E-state index contributed by atoms with van der Waals surface area (Å²) in [5.74, 6) is -0.671. The van der Waals surface area contributed by atoms with Crippen LogP contribution in [0, 0.1) is 5.82 Å². The van der Waals surface area contributed by atoms with Gasteiger partial charge in [0.2, 0.25) is 0 Å². The van der Waals surface area contributed by atoms with Crippen molar-refractivity contribution in [3.8, 4) is 0 Å². The summed E-state index contributed by atoms with van der Waals surface area (Å²) in [7, 11) is 0. The number of H-pyrrole nitrogens is 1. The fourth-order valence-electron chi connectivity index (χ4n) is 3.61. The van der Waals surface area contributed by atoms with Crippen molar-refractivity contribution < 1.29 is 9.18 Å². The van der Waals surface area contributed by atoms with Gasteiger partial charge in [0.15, 0.2) is 0 Å². The van der Waals surface area contributed by atoms with Gasteiger partial charge in [0, 0.05) is 6.54 Å². The Bertz CT molecular complexity index is 922. The molecule has 4 rings (SSSR count). The topological polar surface area (TPSA) is 75.0 Å². The molecule has 1 aliphatic rings. The lowest BCUT2D eigenvalue weighted by Gasteiger charge is -2.22. The van der Waals surface area contributed by atoms with E-state index in [-0.39, 0.29) is 11.6 Å². The third-order valence-corrected chi connectivity index (χ3v) is 4.78. The van der Waals surface area contributed by atoms with E-state index in [4.69, 9.17) is 5.73 Å². The van der Waals surface area contributed by atoms with Crippen molar-refractivity contribution in [2.75, 3.05) is 6.54 Å². The average Bonchev–Trinajstić information content (AvgIpc) is 3.21. The summed E-state index contributed by atoms with van der Waals surface area (Å²) in [4.78, 5) is 21.7. The number of likely N-dealkylation sites (tertiary alicyclic amines) is 1. The molecule has 6 heteroatoms. The molecule has 2 aromatic carbocycles. The van der Waals surface area contributed by atoms with Crippen LogP contribution in [-0.4, -0.2) is 27.3 Å². The van der Waals surface area contributed by atoms with E-state index in [1.54, 1.807) is 6.07 Å². The summed E-state index contributed by atoms with van der Waals surface area (Å²) >= 11 is 0. The molecule has 0 aliphatic carbocycles. The summed E-state index contributed by atoms with van der Waals surface area (Å²) < 4.78 is 14.0. The van der Waals surface area contributed by atoms with E-state index in [0.29, 0.717) is 11.0 Å². The van der Waals surface area contributed by atoms with Gasteiger partial charge < -0.3 is 10.7 Å². The Morgan fingerprint density at radius 3 is 2.84 bits per heavy atom. The fraction of sp³-hybridized carbons (Fsp3) is 0.263. The molecule has 1 amide bonds. The van der Waals surface area contributed by atoms with Crippen LogP contribution in [0.1, 0.15) is 40.6 Å². The standard InChI is InChI=1S/C19H19FN4O/c20-13-8-9-14-17(16(13)18(21)25)23-19(22-14)15-7-4-10-24(15)11-12-5-2-1-3-6-12/h1-3,5-6,8-9,15H,4,7,10-11H2,(H2,21,25)(H,22,23). The Hall–Kier alpha value is -2.73. The Morgan fingerprint density at radius 2 is 2.08 bits per heavy atom. The highest BCUT2D eigenvalue weighted by Crippen LogP contribution is 2.33. The molecule has 3 N–H and O–H groups in total. The number of carbonyl (C=O) groups is 1. The third kappa shape index (κ3) is 2.89. The zero-order valence-electron chi connectivity index (χ0n) is 13.7. The fourth-order valence-corrected chi connectivity index (χ4v) is 3.61. The molecule has 128 valence electrons. The molecule has 1 unspecified atom stereocenters. The van der Waals surface area contributed by atoms with E-state index in [0.717, 1.165) is 31.8 Å². The van der Waals surface area contributed by atoms with Crippen molar-refractivity contribution in [2.45, 2.75) is 25.4 Å². The first kappa shape index (κ1) is 15.8. The molecule has 0 spiro atoms. The van der Waals surface area contributed by atoms with Crippen LogP contribution in [0.15, 0.2) is 42.5 Å². The second kappa shape index (κ2) is 6.29. The van der Waals surface area contributed by atoms with Gasteiger partial charge in [-0.25, -0.2) is 9.37 Å². The van der Waals surface area contributed by atoms with Crippen molar-refractivity contribution in [3.63, 3.8) is 0 Å². The van der Waals surface area contributed by atoms with Crippen LogP contribution < -0.4 is 5.73 Å². The number of imidazole rings is 1. The minimum atomic E-state index is -0.797. The summed E-state index contributed by atoms with van der Waals surface area (Å²) in [6.07, 6.45) is 2.05. The molecule has 1 fully saturated rings. The highest BCUT2D eigenvalue weighted by molar-refractivity contribution is 6.04. The number of carbonyl (C=O) groups excluding carboxylic acids is 1. The second-order valence-electron chi connectivity index (χ2n) is 6.42. The molecule has 1 aliphatic heterocycles. The number of nitrogens with two attached hydrogens (primary N) is 1. The molecule has 5 nitrogen and oxygen atoms in total. The Kier molecular flexibility index (Phi) is 3.97. The molecule has 1 saturated heterocycles. The first-order valence-corrected chi connectivity index (χ1v) is 8.39. The SMILES string of the molecule is NC(=O)c1c(F)ccc2[nH]c(C3CCCN3Cc3ccccc3)nc12. The Labute approximate surface area is 144 Å². The van der Waals surface area contributed by atoms with E-state index in [1.165, 1.54) is 11.6 Å². The van der Waals surface area contributed by atoms with Gasteiger partial charge in [-0.1, -0.05) is 30.3 Å². The predicted octanol–water partition coefficient (Wildman–Crippen LogP) is 3.14. The Morgan fingerprint density at radius 1 is 1.28 bits per heavy atom. The van der Waals surface area contributed by atoms with Gasteiger partial charge in [-0.2, -0.15) is 0 Å². The number of halogens is 1. The molecule has 1 aromatic heterocycles. The van der Waals surface area contributed by atoms with E-state index in [9.17, 15) is 9.18 Å². The van der Waals surface area contributed by atoms with Crippen molar-refractivity contribution >= 4 is 16.9 Å². The van der Waals surface area contributed by atoms with Crippen LogP contribution in [0.3, 0.4) is 0 Å². The normalized spacial score (nSPS) is 18.0. The minimum absolute atomic E-state index is 0.122. The predicted molar refractivity (Wildman–Crippen MR) is 93.4 cm³/mol. The number of amides is 1. The number of hydrogen-bond donors (Lipinski definition) is 2. The number of hydrogen-bond acceptors (Lipinski definition) is 3. The van der Waals surface area contributed by atoms with Gasteiger partial charge in [0.25, 0.3) is 5.91 Å². The summed E-state index contributed by atoms with van der Waals surface area (Å²) in [5.41, 5.74) is 7.38. The van der Waals surface area contributed by atoms with Crippen LogP contribution in [0.2, 0.25) is 0 Å². The third-order valence-electron chi connectivity index (χ3n) is 4.78. The highest BCUT2D eigenvalue weighted by atomic mass is 19.1. The minimum Gasteiger partial charge on any atom is -0.365 e. The van der Waals surface area contributed by atoms with Gasteiger partial charge >= 0.3 is 0 Å². The lowest BCUT2D eigenvalue weighted by atomic mass is 10.1. The quantitative estimate of drug-likeness (QED) is 0.767. The van der Waals surface area contributed by atoms with E-state index in [2.05, 4.69) is 27.0 Å². The van der Waals surface area contributed by atoms with Gasteiger partial charge in [-0.05, 0) is 37.1 Å². The van der Waals surface area contributed by atoms with Crippen molar-refractivity contribution in [3.05, 3.63) is 65.2 Å². The molecule has 2 heterocycles. The summed E-state index contributed by atoms with van der Waals surface area (Å²) in [5, 5.41) is 0. The number of nitrogens with zero attached hydrogens (tertiary/aromatic N) is 2. The van der Waals surface area contributed by atoms with E-state index in [1.807, 2.05) is 18.2 Å². The monoisotopic (exact) mass is 338 g/mol. The number of aromatic nitrogens is 2. The number of primary amides is 1. The van der Waals surface area contributed by atoms with Gasteiger partial charge in [-0.15, -0.1) is 0 Å². The zero-order valence-corrected chi connectivity index (χ0v) is 13.7. The lowest BCUT2D eigenvalue weighted by molar-refractivity contribution is 0.0998. The molecular formula is C19H19FN4O. The maximum Gasteiger partial charge on any atom is 0.253 e. The van der Waals surface area contributed by atoms with Crippen LogP contribution in [0.25, 0.3) is 11.0 Å².